The van der Waals surface area contributed by atoms with Gasteiger partial charge in [0, 0.05) is 6.54 Å². The number of hydrogen-bond donors (Lipinski definition) is 1. The Bertz CT molecular complexity index is 435. The molecule has 3 heteroatoms. The van der Waals surface area contributed by atoms with Crippen molar-refractivity contribution >= 4 is 5.91 Å². The van der Waals surface area contributed by atoms with E-state index in [4.69, 9.17) is 0 Å². The summed E-state index contributed by atoms with van der Waals surface area (Å²) < 4.78 is 13.0. The first-order valence-electron chi connectivity index (χ1n) is 7.09. The summed E-state index contributed by atoms with van der Waals surface area (Å²) in [6.07, 6.45) is 3.79. The van der Waals surface area contributed by atoms with E-state index in [1.165, 1.54) is 12.1 Å². The van der Waals surface area contributed by atoms with E-state index in [-0.39, 0.29) is 11.7 Å². The second-order valence-electron chi connectivity index (χ2n) is 5.88. The Hall–Kier alpha value is -1.38. The van der Waals surface area contributed by atoms with E-state index in [1.54, 1.807) is 12.1 Å². The summed E-state index contributed by atoms with van der Waals surface area (Å²) in [5.41, 5.74) is 0.534. The molecule has 0 spiro atoms. The van der Waals surface area contributed by atoms with Gasteiger partial charge < -0.3 is 5.32 Å². The van der Waals surface area contributed by atoms with Gasteiger partial charge in [0.1, 0.15) is 5.82 Å². The average Bonchev–Trinajstić information content (AvgIpc) is 2.29. The highest BCUT2D eigenvalue weighted by Gasteiger charge is 2.45. The molecule has 2 nitrogen and oxygen atoms in total. The van der Waals surface area contributed by atoms with Crippen molar-refractivity contribution < 1.29 is 9.18 Å². The molecule has 0 bridgehead atoms. The third kappa shape index (κ3) is 2.96. The smallest absolute Gasteiger partial charge is 0.230 e. The van der Waals surface area contributed by atoms with E-state index in [9.17, 15) is 9.18 Å². The van der Waals surface area contributed by atoms with Crippen molar-refractivity contribution in [2.45, 2.75) is 44.9 Å². The van der Waals surface area contributed by atoms with Crippen LogP contribution in [0.3, 0.4) is 0 Å². The Balaban J connectivity index is 2.05. The molecule has 1 aliphatic rings. The lowest BCUT2D eigenvalue weighted by atomic mass is 9.64. The Morgan fingerprint density at radius 1 is 1.32 bits per heavy atom. The maximum Gasteiger partial charge on any atom is 0.230 e. The highest BCUT2D eigenvalue weighted by molar-refractivity contribution is 5.89. The fourth-order valence-electron chi connectivity index (χ4n) is 2.59. The Morgan fingerprint density at radius 2 is 1.95 bits per heavy atom. The van der Waals surface area contributed by atoms with Crippen LogP contribution in [0.5, 0.6) is 0 Å². The van der Waals surface area contributed by atoms with Crippen LogP contribution in [0, 0.1) is 11.7 Å². The summed E-state index contributed by atoms with van der Waals surface area (Å²) in [5.74, 6) is 0.438. The topological polar surface area (TPSA) is 29.1 Å². The summed E-state index contributed by atoms with van der Waals surface area (Å²) in [5, 5.41) is 3.04. The van der Waals surface area contributed by atoms with Gasteiger partial charge in [-0.1, -0.05) is 32.4 Å². The van der Waals surface area contributed by atoms with Crippen LogP contribution < -0.4 is 5.32 Å². The molecule has 0 aliphatic heterocycles. The van der Waals surface area contributed by atoms with Crippen LogP contribution in [-0.4, -0.2) is 12.5 Å². The lowest BCUT2D eigenvalue weighted by Gasteiger charge is -2.40. The molecule has 0 aromatic heterocycles. The second-order valence-corrected chi connectivity index (χ2v) is 5.88. The van der Waals surface area contributed by atoms with E-state index in [0.717, 1.165) is 37.8 Å². The zero-order valence-corrected chi connectivity index (χ0v) is 11.7. The molecule has 19 heavy (non-hydrogen) atoms. The molecule has 0 heterocycles. The van der Waals surface area contributed by atoms with Crippen molar-refractivity contribution in [1.82, 2.24) is 5.32 Å². The largest absolute Gasteiger partial charge is 0.355 e. The first kappa shape index (κ1) is 14.0. The third-order valence-electron chi connectivity index (χ3n) is 4.05. The van der Waals surface area contributed by atoms with Gasteiger partial charge in [0.05, 0.1) is 5.41 Å². The van der Waals surface area contributed by atoms with Crippen LogP contribution in [0.15, 0.2) is 24.3 Å². The van der Waals surface area contributed by atoms with Crippen molar-refractivity contribution in [3.05, 3.63) is 35.6 Å². The number of halogens is 1. The maximum atomic E-state index is 13.0. The predicted octanol–water partition coefficient (Wildman–Crippen LogP) is 3.41. The van der Waals surface area contributed by atoms with E-state index < -0.39 is 5.41 Å². The first-order chi connectivity index (χ1) is 9.04. The zero-order chi connectivity index (χ0) is 13.9. The zero-order valence-electron chi connectivity index (χ0n) is 11.7. The summed E-state index contributed by atoms with van der Waals surface area (Å²) in [4.78, 5) is 12.4. The van der Waals surface area contributed by atoms with E-state index in [1.807, 2.05) is 0 Å². The number of nitrogens with one attached hydrogen (secondary N) is 1. The lowest BCUT2D eigenvalue weighted by Crippen LogP contribution is -2.49. The minimum absolute atomic E-state index is 0.103. The van der Waals surface area contributed by atoms with Crippen molar-refractivity contribution in [1.29, 1.82) is 0 Å². The van der Waals surface area contributed by atoms with Gasteiger partial charge in [0.15, 0.2) is 0 Å². The number of benzene rings is 1. The molecule has 1 fully saturated rings. The summed E-state index contributed by atoms with van der Waals surface area (Å²) in [7, 11) is 0. The average molecular weight is 263 g/mol. The molecule has 1 aromatic carbocycles. The van der Waals surface area contributed by atoms with Gasteiger partial charge in [0.2, 0.25) is 5.91 Å². The van der Waals surface area contributed by atoms with Gasteiger partial charge in [-0.15, -0.1) is 0 Å². The number of rotatable bonds is 5. The molecular formula is C16H22FNO. The molecule has 0 saturated heterocycles. The second kappa shape index (κ2) is 5.72. The van der Waals surface area contributed by atoms with E-state index in [2.05, 4.69) is 19.2 Å². The Morgan fingerprint density at radius 3 is 2.42 bits per heavy atom. The van der Waals surface area contributed by atoms with Crippen molar-refractivity contribution in [3.8, 4) is 0 Å². The first-order valence-corrected chi connectivity index (χ1v) is 7.09. The summed E-state index contributed by atoms with van der Waals surface area (Å²) in [6.45, 7) is 5.01. The lowest BCUT2D eigenvalue weighted by molar-refractivity contribution is -0.129. The quantitative estimate of drug-likeness (QED) is 0.866. The monoisotopic (exact) mass is 263 g/mol. The van der Waals surface area contributed by atoms with E-state index >= 15 is 0 Å². The third-order valence-corrected chi connectivity index (χ3v) is 4.05. The molecule has 1 amide bonds. The molecule has 2 rings (SSSR count). The number of carbonyl (C=O) groups is 1. The molecule has 0 unspecified atom stereocenters. The normalized spacial score (nSPS) is 17.1. The van der Waals surface area contributed by atoms with Gasteiger partial charge in [0.25, 0.3) is 0 Å². The highest BCUT2D eigenvalue weighted by atomic mass is 19.1. The molecule has 0 atom stereocenters. The van der Waals surface area contributed by atoms with Crippen LogP contribution >= 0.6 is 0 Å². The van der Waals surface area contributed by atoms with Crippen LogP contribution in [0.4, 0.5) is 4.39 Å². The maximum absolute atomic E-state index is 13.0. The Kier molecular flexibility index (Phi) is 4.23. The van der Waals surface area contributed by atoms with Crippen LogP contribution in [-0.2, 0) is 10.2 Å². The fraction of sp³-hybridized carbons (Fsp3) is 0.562. The minimum atomic E-state index is -0.412. The van der Waals surface area contributed by atoms with Crippen molar-refractivity contribution in [2.75, 3.05) is 6.54 Å². The van der Waals surface area contributed by atoms with Gasteiger partial charge in [-0.05, 0) is 42.9 Å². The molecular weight excluding hydrogens is 241 g/mol. The summed E-state index contributed by atoms with van der Waals surface area (Å²) in [6, 6.07) is 6.38. The number of hydrogen-bond acceptors (Lipinski definition) is 1. The van der Waals surface area contributed by atoms with Crippen LogP contribution in [0.1, 0.15) is 45.1 Å². The van der Waals surface area contributed by atoms with Gasteiger partial charge >= 0.3 is 0 Å². The fourth-order valence-corrected chi connectivity index (χ4v) is 2.59. The number of amides is 1. The SMILES string of the molecule is CC(C)CCNC(=O)C1(c2ccc(F)cc2)CCC1. The Labute approximate surface area is 114 Å². The van der Waals surface area contributed by atoms with Crippen LogP contribution in [0.25, 0.3) is 0 Å². The minimum Gasteiger partial charge on any atom is -0.355 e. The standard InChI is InChI=1S/C16H22FNO/c1-12(2)8-11-18-15(19)16(9-3-10-16)13-4-6-14(17)7-5-13/h4-7,12H,3,8-11H2,1-2H3,(H,18,19). The van der Waals surface area contributed by atoms with Gasteiger partial charge in [-0.3, -0.25) is 4.79 Å². The highest BCUT2D eigenvalue weighted by Crippen LogP contribution is 2.43. The molecule has 104 valence electrons. The van der Waals surface area contributed by atoms with Gasteiger partial charge in [-0.2, -0.15) is 0 Å². The van der Waals surface area contributed by atoms with Crippen molar-refractivity contribution in [3.63, 3.8) is 0 Å². The van der Waals surface area contributed by atoms with E-state index in [0.29, 0.717) is 5.92 Å². The molecule has 1 saturated carbocycles. The predicted molar refractivity (Wildman–Crippen MR) is 74.4 cm³/mol. The van der Waals surface area contributed by atoms with Gasteiger partial charge in [-0.25, -0.2) is 4.39 Å². The molecule has 1 aliphatic carbocycles. The molecule has 1 aromatic rings. The molecule has 1 N–H and O–H groups in total. The summed E-state index contributed by atoms with van der Waals surface area (Å²) >= 11 is 0. The molecule has 0 radical (unpaired) electrons. The van der Waals surface area contributed by atoms with Crippen LogP contribution in [0.2, 0.25) is 0 Å². The number of carbonyl (C=O) groups excluding carboxylic acids is 1. The van der Waals surface area contributed by atoms with Crippen molar-refractivity contribution in [2.24, 2.45) is 5.92 Å².